The number of Topliss-reactive ketones (excluding diaryl/α,β-unsaturated/α-hetero) is 1. The van der Waals surface area contributed by atoms with Crippen LogP contribution in [0.25, 0.3) is 0 Å². The molecule has 0 aromatic rings. The van der Waals surface area contributed by atoms with E-state index in [4.69, 9.17) is 6.42 Å². The Morgan fingerprint density at radius 2 is 2.40 bits per heavy atom. The Hall–Kier alpha value is -1.03. The molecule has 15 heavy (non-hydrogen) atoms. The Morgan fingerprint density at radius 3 is 2.93 bits per heavy atom. The SMILES string of the molecule is C#C/C(C)=C\C[C@]1(C)C(=O)CCC[C@H]1C. The summed E-state index contributed by atoms with van der Waals surface area (Å²) in [5.41, 5.74) is 0.748. The highest BCUT2D eigenvalue weighted by atomic mass is 16.1. The molecule has 0 N–H and O–H groups in total. The monoisotopic (exact) mass is 204 g/mol. The molecule has 0 unspecified atom stereocenters. The van der Waals surface area contributed by atoms with Gasteiger partial charge in [-0.2, -0.15) is 0 Å². The molecule has 1 fully saturated rings. The Morgan fingerprint density at radius 1 is 1.73 bits per heavy atom. The number of carbonyl (C=O) groups excluding carboxylic acids is 1. The molecule has 2 atom stereocenters. The predicted octanol–water partition coefficient (Wildman–Crippen LogP) is 3.35. The third-order valence-corrected chi connectivity index (χ3v) is 3.83. The zero-order chi connectivity index (χ0) is 11.5. The number of hydrogen-bond donors (Lipinski definition) is 0. The van der Waals surface area contributed by atoms with Gasteiger partial charge in [-0.1, -0.05) is 25.8 Å². The van der Waals surface area contributed by atoms with Gasteiger partial charge < -0.3 is 0 Å². The largest absolute Gasteiger partial charge is 0.299 e. The van der Waals surface area contributed by atoms with E-state index in [1.807, 2.05) is 13.0 Å². The number of terminal acetylenes is 1. The van der Waals surface area contributed by atoms with Crippen molar-refractivity contribution in [2.24, 2.45) is 11.3 Å². The lowest BCUT2D eigenvalue weighted by molar-refractivity contribution is -0.133. The molecule has 0 aliphatic heterocycles. The third kappa shape index (κ3) is 2.50. The Labute approximate surface area is 92.9 Å². The Kier molecular flexibility index (Phi) is 3.74. The fourth-order valence-electron chi connectivity index (χ4n) is 2.19. The molecule has 0 bridgehead atoms. The molecule has 0 radical (unpaired) electrons. The summed E-state index contributed by atoms with van der Waals surface area (Å²) in [6, 6.07) is 0. The van der Waals surface area contributed by atoms with Crippen molar-refractivity contribution in [3.05, 3.63) is 11.6 Å². The quantitative estimate of drug-likeness (QED) is 0.630. The maximum Gasteiger partial charge on any atom is 0.139 e. The highest BCUT2D eigenvalue weighted by molar-refractivity contribution is 5.85. The first kappa shape index (κ1) is 12.0. The molecule has 82 valence electrons. The van der Waals surface area contributed by atoms with Gasteiger partial charge in [-0.15, -0.1) is 6.42 Å². The second kappa shape index (κ2) is 4.66. The highest BCUT2D eigenvalue weighted by Crippen LogP contribution is 2.41. The van der Waals surface area contributed by atoms with Crippen molar-refractivity contribution >= 4 is 5.78 Å². The van der Waals surface area contributed by atoms with Crippen molar-refractivity contribution in [3.63, 3.8) is 0 Å². The molecule has 1 rings (SSSR count). The number of hydrogen-bond acceptors (Lipinski definition) is 1. The molecule has 0 saturated heterocycles. The van der Waals surface area contributed by atoms with E-state index in [-0.39, 0.29) is 5.41 Å². The van der Waals surface area contributed by atoms with Crippen LogP contribution in [-0.2, 0) is 4.79 Å². The normalized spacial score (nSPS) is 32.5. The second-order valence-electron chi connectivity index (χ2n) is 4.87. The standard InChI is InChI=1S/C14H20O/c1-5-11(2)9-10-14(4)12(3)7-6-8-13(14)15/h1,9,12H,6-8,10H2,2-4H3/b11-9-/t12-,14+/m1/s1. The Bertz CT molecular complexity index is 319. The maximum atomic E-state index is 11.9. The first-order valence-electron chi connectivity index (χ1n) is 5.67. The predicted molar refractivity (Wildman–Crippen MR) is 63.3 cm³/mol. The number of ketones is 1. The summed E-state index contributed by atoms with van der Waals surface area (Å²) in [6.07, 6.45) is 11.1. The van der Waals surface area contributed by atoms with Crippen molar-refractivity contribution in [3.8, 4) is 12.3 Å². The van der Waals surface area contributed by atoms with Gasteiger partial charge in [0.15, 0.2) is 0 Å². The summed E-state index contributed by atoms with van der Waals surface area (Å²) >= 11 is 0. The van der Waals surface area contributed by atoms with E-state index in [9.17, 15) is 4.79 Å². The van der Waals surface area contributed by atoms with Crippen LogP contribution in [0.3, 0.4) is 0 Å². The minimum atomic E-state index is -0.184. The second-order valence-corrected chi connectivity index (χ2v) is 4.87. The molecule has 1 aliphatic rings. The minimum absolute atomic E-state index is 0.184. The van der Waals surface area contributed by atoms with Crippen LogP contribution in [-0.4, -0.2) is 5.78 Å². The van der Waals surface area contributed by atoms with Gasteiger partial charge in [0.05, 0.1) is 0 Å². The summed E-state index contributed by atoms with van der Waals surface area (Å²) < 4.78 is 0. The van der Waals surface area contributed by atoms with Crippen LogP contribution in [0.2, 0.25) is 0 Å². The molecule has 1 saturated carbocycles. The van der Waals surface area contributed by atoms with Crippen molar-refractivity contribution in [2.45, 2.75) is 46.5 Å². The van der Waals surface area contributed by atoms with Crippen LogP contribution in [0.4, 0.5) is 0 Å². The molecule has 1 heteroatoms. The fourth-order valence-corrected chi connectivity index (χ4v) is 2.19. The van der Waals surface area contributed by atoms with Crippen LogP contribution in [0.15, 0.2) is 11.6 Å². The van der Waals surface area contributed by atoms with E-state index in [1.54, 1.807) is 0 Å². The first-order chi connectivity index (χ1) is 7.00. The van der Waals surface area contributed by atoms with E-state index < -0.39 is 0 Å². The van der Waals surface area contributed by atoms with Crippen molar-refractivity contribution in [2.75, 3.05) is 0 Å². The molecule has 1 nitrogen and oxygen atoms in total. The molecule has 0 spiro atoms. The van der Waals surface area contributed by atoms with Gasteiger partial charge in [-0.05, 0) is 37.7 Å². The van der Waals surface area contributed by atoms with Gasteiger partial charge in [0.2, 0.25) is 0 Å². The lowest BCUT2D eigenvalue weighted by atomic mass is 9.65. The van der Waals surface area contributed by atoms with Crippen molar-refractivity contribution < 1.29 is 4.79 Å². The third-order valence-electron chi connectivity index (χ3n) is 3.83. The number of allylic oxidation sites excluding steroid dienone is 2. The van der Waals surface area contributed by atoms with E-state index >= 15 is 0 Å². The fraction of sp³-hybridized carbons (Fsp3) is 0.643. The van der Waals surface area contributed by atoms with Gasteiger partial charge in [-0.3, -0.25) is 4.79 Å². The van der Waals surface area contributed by atoms with Crippen LogP contribution >= 0.6 is 0 Å². The zero-order valence-electron chi connectivity index (χ0n) is 9.97. The lowest BCUT2D eigenvalue weighted by Crippen LogP contribution is -2.37. The zero-order valence-corrected chi connectivity index (χ0v) is 9.97. The maximum absolute atomic E-state index is 11.9. The lowest BCUT2D eigenvalue weighted by Gasteiger charge is -2.37. The molecular weight excluding hydrogens is 184 g/mol. The molecular formula is C14H20O. The summed E-state index contributed by atoms with van der Waals surface area (Å²) in [4.78, 5) is 11.9. The van der Waals surface area contributed by atoms with E-state index in [0.29, 0.717) is 11.7 Å². The summed E-state index contributed by atoms with van der Waals surface area (Å²) in [5, 5.41) is 0. The van der Waals surface area contributed by atoms with Gasteiger partial charge in [0, 0.05) is 11.8 Å². The smallest absolute Gasteiger partial charge is 0.139 e. The van der Waals surface area contributed by atoms with E-state index in [2.05, 4.69) is 19.8 Å². The number of rotatable bonds is 2. The minimum Gasteiger partial charge on any atom is -0.299 e. The van der Waals surface area contributed by atoms with Crippen molar-refractivity contribution in [1.82, 2.24) is 0 Å². The van der Waals surface area contributed by atoms with Gasteiger partial charge in [0.25, 0.3) is 0 Å². The van der Waals surface area contributed by atoms with E-state index in [1.165, 1.54) is 0 Å². The Balaban J connectivity index is 2.79. The molecule has 1 aliphatic carbocycles. The topological polar surface area (TPSA) is 17.1 Å². The van der Waals surface area contributed by atoms with Crippen LogP contribution < -0.4 is 0 Å². The summed E-state index contributed by atoms with van der Waals surface area (Å²) in [7, 11) is 0. The van der Waals surface area contributed by atoms with Crippen LogP contribution in [0.1, 0.15) is 46.5 Å². The summed E-state index contributed by atoms with van der Waals surface area (Å²) in [5.74, 6) is 3.48. The van der Waals surface area contributed by atoms with Gasteiger partial charge >= 0.3 is 0 Å². The molecule has 0 amide bonds. The molecule has 0 aromatic heterocycles. The van der Waals surface area contributed by atoms with Gasteiger partial charge in [0.1, 0.15) is 5.78 Å². The highest BCUT2D eigenvalue weighted by Gasteiger charge is 2.39. The van der Waals surface area contributed by atoms with E-state index in [0.717, 1.165) is 31.3 Å². The molecule has 0 aromatic carbocycles. The average Bonchev–Trinajstić information content (AvgIpc) is 2.23. The van der Waals surface area contributed by atoms with Gasteiger partial charge in [-0.25, -0.2) is 0 Å². The molecule has 0 heterocycles. The summed E-state index contributed by atoms with van der Waals surface area (Å²) in [6.45, 7) is 6.18. The van der Waals surface area contributed by atoms with Crippen molar-refractivity contribution in [1.29, 1.82) is 0 Å². The van der Waals surface area contributed by atoms with Crippen LogP contribution in [0, 0.1) is 23.7 Å². The average molecular weight is 204 g/mol. The first-order valence-corrected chi connectivity index (χ1v) is 5.67. The van der Waals surface area contributed by atoms with Crippen LogP contribution in [0.5, 0.6) is 0 Å². The number of carbonyl (C=O) groups is 1.